The summed E-state index contributed by atoms with van der Waals surface area (Å²) in [5, 5.41) is 0. The molecule has 126 heavy (non-hydrogen) atoms. The van der Waals surface area contributed by atoms with Crippen molar-refractivity contribution in [3.63, 3.8) is 0 Å². The Morgan fingerprint density at radius 3 is 0.714 bits per heavy atom. The lowest BCUT2D eigenvalue weighted by atomic mass is 9.27. The normalized spacial score (nSPS) is 13.9. The fourth-order valence-corrected chi connectivity index (χ4v) is 23.1. The molecule has 0 unspecified atom stereocenters. The molecular weight excluding hydrogens is 1530 g/mol. The van der Waals surface area contributed by atoms with E-state index in [9.17, 15) is 0 Å². The number of ether oxygens (including phenoxy) is 1. The summed E-state index contributed by atoms with van der Waals surface area (Å²) in [4.78, 5) is 18.3. The Bertz CT molecular complexity index is 7340. The van der Waals surface area contributed by atoms with E-state index in [0.717, 1.165) is 148 Å². The predicted octanol–water partition coefficient (Wildman–Crippen LogP) is 21.3. The molecule has 19 aromatic carbocycles. The van der Waals surface area contributed by atoms with Crippen LogP contribution in [0.15, 0.2) is 431 Å². The lowest BCUT2D eigenvalue weighted by molar-refractivity contribution is 0.481. The maximum absolute atomic E-state index is 8.32. The van der Waals surface area contributed by atoms with Crippen LogP contribution in [0.5, 0.6) is 11.5 Å². The van der Waals surface area contributed by atoms with E-state index in [0.29, 0.717) is 0 Å². The van der Waals surface area contributed by atoms with Gasteiger partial charge in [0.25, 0.3) is 26.9 Å². The summed E-state index contributed by atoms with van der Waals surface area (Å²) in [6.45, 7) is -1.10. The minimum atomic E-state index is -0.345. The molecule has 0 saturated carbocycles. The molecule has 0 N–H and O–H groups in total. The number of hydrogen-bond donors (Lipinski definition) is 0. The lowest BCUT2D eigenvalue weighted by Gasteiger charge is -2.53. The molecule has 0 aliphatic carbocycles. The third-order valence-corrected chi connectivity index (χ3v) is 28.1. The Kier molecular flexibility index (Phi) is 14.7. The van der Waals surface area contributed by atoms with E-state index in [1.807, 2.05) is 0 Å². The van der Waals surface area contributed by atoms with E-state index < -0.39 is 0 Å². The van der Waals surface area contributed by atoms with Crippen LogP contribution in [0.25, 0.3) is 44.5 Å². The zero-order valence-corrected chi connectivity index (χ0v) is 68.3. The Balaban J connectivity index is 0.764. The highest BCUT2D eigenvalue weighted by molar-refractivity contribution is 7.07. The van der Waals surface area contributed by atoms with Crippen LogP contribution in [-0.2, 0) is 0 Å². The van der Waals surface area contributed by atoms with Crippen LogP contribution in [0, 0.1) is 0 Å². The average Bonchev–Trinajstić information content (AvgIpc) is 0.652. The van der Waals surface area contributed by atoms with E-state index in [4.69, 9.17) is 4.74 Å². The van der Waals surface area contributed by atoms with Crippen LogP contribution < -0.4 is 105 Å². The molecule has 0 amide bonds. The van der Waals surface area contributed by atoms with E-state index in [1.54, 1.807) is 0 Å². The lowest BCUT2D eigenvalue weighted by Crippen LogP contribution is -2.70. The van der Waals surface area contributed by atoms with Crippen LogP contribution in [0.1, 0.15) is 0 Å². The number of hydrogen-bond acceptors (Lipinski definition) is 8. The van der Waals surface area contributed by atoms with Crippen molar-refractivity contribution in [2.45, 2.75) is 0 Å². The van der Waals surface area contributed by atoms with Gasteiger partial charge in [-0.15, -0.1) is 0 Å². The summed E-state index contributed by atoms with van der Waals surface area (Å²) in [7, 11) is 0. The first kappa shape index (κ1) is 69.5. The zero-order chi connectivity index (χ0) is 82.1. The summed E-state index contributed by atoms with van der Waals surface area (Å²) in [6.07, 6.45) is 0. The Hall–Kier alpha value is -16.2. The first-order valence-electron chi connectivity index (χ1n) is 43.8. The number of anilines is 21. The Morgan fingerprint density at radius 2 is 0.405 bits per heavy atom. The molecule has 0 aromatic heterocycles. The molecule has 0 fully saturated rings. The van der Waals surface area contributed by atoms with Crippen molar-refractivity contribution in [3.05, 3.63) is 431 Å². The molecule has 580 valence electrons. The van der Waals surface area contributed by atoms with Gasteiger partial charge in [-0.2, -0.15) is 0 Å². The zero-order valence-electron chi connectivity index (χ0n) is 68.3. The molecule has 9 aliphatic heterocycles. The fourth-order valence-electron chi connectivity index (χ4n) is 23.1. The molecule has 19 aromatic rings. The topological polar surface area (TPSA) is 31.9 Å². The summed E-state index contributed by atoms with van der Waals surface area (Å²) in [6, 6.07) is 162. The number of para-hydroxylation sites is 6. The van der Waals surface area contributed by atoms with Crippen molar-refractivity contribution in [1.82, 2.24) is 0 Å². The van der Waals surface area contributed by atoms with Crippen molar-refractivity contribution in [3.8, 4) is 56.0 Å². The average molecular weight is 1600 g/mol. The van der Waals surface area contributed by atoms with Crippen molar-refractivity contribution in [1.29, 1.82) is 0 Å². The van der Waals surface area contributed by atoms with E-state index in [2.05, 4.69) is 465 Å². The molecule has 0 bridgehead atoms. The van der Waals surface area contributed by atoms with Crippen LogP contribution in [-0.4, -0.2) is 26.9 Å². The molecule has 9 heterocycles. The second kappa shape index (κ2) is 26.7. The van der Waals surface area contributed by atoms with Crippen molar-refractivity contribution >= 4 is 212 Å². The van der Waals surface area contributed by atoms with Crippen LogP contribution in [0.2, 0.25) is 0 Å². The molecular formula is C114H71B4N7O. The van der Waals surface area contributed by atoms with Crippen LogP contribution in [0.3, 0.4) is 0 Å². The number of rotatable bonds is 10. The molecule has 0 radical (unpaired) electrons. The van der Waals surface area contributed by atoms with Crippen LogP contribution in [0.4, 0.5) is 119 Å². The van der Waals surface area contributed by atoms with Crippen molar-refractivity contribution in [2.24, 2.45) is 0 Å². The molecule has 0 saturated heterocycles. The quantitative estimate of drug-likeness (QED) is 0.125. The summed E-state index contributed by atoms with van der Waals surface area (Å²) < 4.78 is 8.32. The van der Waals surface area contributed by atoms with Gasteiger partial charge in [0.1, 0.15) is 0 Å². The number of nitrogens with zero attached hydrogens (tertiary/aromatic N) is 7. The van der Waals surface area contributed by atoms with Gasteiger partial charge < -0.3 is 39.0 Å². The second-order valence-corrected chi connectivity index (χ2v) is 34.4. The second-order valence-electron chi connectivity index (χ2n) is 34.4. The third-order valence-electron chi connectivity index (χ3n) is 28.1. The highest BCUT2D eigenvalue weighted by Gasteiger charge is 2.57. The van der Waals surface area contributed by atoms with Crippen molar-refractivity contribution < 1.29 is 4.74 Å². The van der Waals surface area contributed by atoms with Gasteiger partial charge in [0.15, 0.2) is 11.5 Å². The van der Waals surface area contributed by atoms with Gasteiger partial charge in [0.2, 0.25) is 0 Å². The minimum absolute atomic E-state index is 0.205. The van der Waals surface area contributed by atoms with Gasteiger partial charge in [0, 0.05) is 119 Å². The highest BCUT2D eigenvalue weighted by atomic mass is 16.5. The minimum Gasteiger partial charge on any atom is -0.452 e. The molecule has 0 atom stereocenters. The van der Waals surface area contributed by atoms with Crippen LogP contribution >= 0.6 is 0 Å². The predicted molar refractivity (Wildman–Crippen MR) is 530 cm³/mol. The third kappa shape index (κ3) is 9.72. The molecule has 28 rings (SSSR count). The van der Waals surface area contributed by atoms with Gasteiger partial charge in [-0.05, 0) is 226 Å². The Morgan fingerprint density at radius 1 is 0.151 bits per heavy atom. The number of fused-ring (bicyclic) bond motifs is 14. The standard InChI is InChI=1S/C114H71B4N7O/c1-11-33-72(34-12-1)76-57-61-86-98(65-76)119(78-41-19-5-20-42-78)94-53-31-55-96-106(94)115(86)90-67-92-102(69-100(90)121(96)80-45-23-7-24-46-80)123(82-49-27-9-28-50-82)104-71-105-109-112-108(104)117(92)88-63-59-84(74-37-15-3-16-38-74)113-110(88)125(112)111-89(64-60-85(114(111)126-113)75-39-17-4-18-40-75)118(109)93-68-91-101(70-103(93)124(105)83-51-29-10-30-52-83)122(81-47-25-8-26-48-81)97-56-32-54-95-107(97)116(91)87-62-58-77(73-35-13-2-14-36-73)66-99(87)120(95)79-43-21-6-22-44-79/h1-71H. The van der Waals surface area contributed by atoms with Gasteiger partial charge >= 0.3 is 0 Å². The molecule has 12 heteroatoms. The maximum Gasteiger partial charge on any atom is 0.252 e. The smallest absolute Gasteiger partial charge is 0.252 e. The number of benzene rings is 19. The Labute approximate surface area is 732 Å². The van der Waals surface area contributed by atoms with Gasteiger partial charge in [-0.1, -0.05) is 303 Å². The van der Waals surface area contributed by atoms with Gasteiger partial charge in [-0.3, -0.25) is 0 Å². The van der Waals surface area contributed by atoms with Gasteiger partial charge in [-0.25, -0.2) is 0 Å². The first-order chi connectivity index (χ1) is 62.6. The maximum atomic E-state index is 8.32. The SMILES string of the molecule is c1ccc(-c2ccc3c(c2)N(c2ccccc2)c2cccc4c2B3c2cc3c(cc2N4c2ccccc2)N(c2ccccc2)c2cc4c5c6c2B3c2ccc(-c3ccccc3)c3c2N6c2c(ccc(-c6ccccc6)c2O3)B5c2cc3c(cc2N4c2ccccc2)N(c2ccccc2)c2cccc4c2B3c2ccc(-c3ccccc3)cc2N4c2ccccc2)cc1. The van der Waals surface area contributed by atoms with E-state index >= 15 is 0 Å². The highest BCUT2D eigenvalue weighted by Crippen LogP contribution is 2.61. The molecule has 9 aliphatic rings. The van der Waals surface area contributed by atoms with Gasteiger partial charge in [0.05, 0.1) is 11.4 Å². The summed E-state index contributed by atoms with van der Waals surface area (Å²) >= 11 is 0. The summed E-state index contributed by atoms with van der Waals surface area (Å²) in [5.41, 5.74) is 47.3. The fraction of sp³-hybridized carbons (Fsp3) is 0. The largest absolute Gasteiger partial charge is 0.452 e. The van der Waals surface area contributed by atoms with E-state index in [-0.39, 0.29) is 26.9 Å². The van der Waals surface area contributed by atoms with E-state index in [1.165, 1.54) is 93.5 Å². The summed E-state index contributed by atoms with van der Waals surface area (Å²) in [5.74, 6) is 1.69. The molecule has 8 nitrogen and oxygen atoms in total. The van der Waals surface area contributed by atoms with Crippen molar-refractivity contribution in [2.75, 3.05) is 34.3 Å². The first-order valence-corrected chi connectivity index (χ1v) is 43.8. The monoisotopic (exact) mass is 1600 g/mol. The molecule has 0 spiro atoms.